The number of carbonyl (C=O) groups is 4. The van der Waals surface area contributed by atoms with Crippen molar-refractivity contribution in [2.24, 2.45) is 0 Å². The second-order valence-corrected chi connectivity index (χ2v) is 5.62. The van der Waals surface area contributed by atoms with E-state index in [-0.39, 0.29) is 6.04 Å². The number of urea groups is 1. The van der Waals surface area contributed by atoms with Crippen LogP contribution < -0.4 is 16.0 Å². The lowest BCUT2D eigenvalue weighted by molar-refractivity contribution is -0.147. The Morgan fingerprint density at radius 1 is 1.16 bits per heavy atom. The number of benzene rings is 1. The number of amides is 4. The first-order valence-corrected chi connectivity index (χ1v) is 7.99. The van der Waals surface area contributed by atoms with Crippen molar-refractivity contribution in [1.82, 2.24) is 16.0 Å². The van der Waals surface area contributed by atoms with Gasteiger partial charge in [0, 0.05) is 16.6 Å². The fourth-order valence-corrected chi connectivity index (χ4v) is 1.70. The first kappa shape index (κ1) is 20.4. The third-order valence-corrected chi connectivity index (χ3v) is 3.36. The number of nitrogens with one attached hydrogen (secondary N) is 3. The minimum atomic E-state index is -0.806. The summed E-state index contributed by atoms with van der Waals surface area (Å²) in [6, 6.07) is 5.36. The van der Waals surface area contributed by atoms with Crippen LogP contribution in [0.1, 0.15) is 30.6 Å². The molecule has 0 saturated carbocycles. The Hall–Kier alpha value is -2.61. The van der Waals surface area contributed by atoms with Gasteiger partial charge in [-0.3, -0.25) is 19.7 Å². The highest BCUT2D eigenvalue weighted by molar-refractivity contribution is 6.30. The second-order valence-electron chi connectivity index (χ2n) is 5.18. The van der Waals surface area contributed by atoms with Crippen LogP contribution in [0.5, 0.6) is 0 Å². The molecule has 25 heavy (non-hydrogen) atoms. The molecule has 0 spiro atoms. The predicted molar refractivity (Wildman–Crippen MR) is 91.2 cm³/mol. The summed E-state index contributed by atoms with van der Waals surface area (Å²) in [6.45, 7) is 2.64. The number of hydrogen-bond acceptors (Lipinski definition) is 5. The van der Waals surface area contributed by atoms with Crippen molar-refractivity contribution in [2.45, 2.75) is 26.3 Å². The van der Waals surface area contributed by atoms with E-state index in [1.807, 2.05) is 12.2 Å². The van der Waals surface area contributed by atoms with E-state index >= 15 is 0 Å². The molecule has 0 heterocycles. The standard InChI is InChI=1S/C16H20ClN3O5/c1-3-10(2)19-16(24)20-13(21)9-25-14(22)8-18-15(23)11-4-6-12(17)7-5-11/h4-7,10H,3,8-9H2,1-2H3,(H,18,23)(H2,19,20,21,24)/t10-/m0/s1. The van der Waals surface area contributed by atoms with Crippen molar-refractivity contribution in [3.63, 3.8) is 0 Å². The van der Waals surface area contributed by atoms with E-state index in [1.54, 1.807) is 19.1 Å². The maximum Gasteiger partial charge on any atom is 0.325 e. The van der Waals surface area contributed by atoms with E-state index in [9.17, 15) is 19.2 Å². The highest BCUT2D eigenvalue weighted by atomic mass is 35.5. The van der Waals surface area contributed by atoms with E-state index in [1.165, 1.54) is 12.1 Å². The molecule has 1 rings (SSSR count). The van der Waals surface area contributed by atoms with Gasteiger partial charge >= 0.3 is 12.0 Å². The van der Waals surface area contributed by atoms with Gasteiger partial charge < -0.3 is 15.4 Å². The van der Waals surface area contributed by atoms with Gasteiger partial charge in [-0.1, -0.05) is 18.5 Å². The summed E-state index contributed by atoms with van der Waals surface area (Å²) < 4.78 is 4.67. The van der Waals surface area contributed by atoms with Crippen LogP contribution in [0.25, 0.3) is 0 Å². The molecule has 1 atom stereocenters. The zero-order chi connectivity index (χ0) is 18.8. The molecule has 0 unspecified atom stereocenters. The van der Waals surface area contributed by atoms with Gasteiger partial charge in [0.2, 0.25) is 0 Å². The van der Waals surface area contributed by atoms with Crippen LogP contribution in [-0.4, -0.2) is 43.0 Å². The number of carbonyl (C=O) groups excluding carboxylic acids is 4. The van der Waals surface area contributed by atoms with Crippen LogP contribution in [0, 0.1) is 0 Å². The molecule has 0 radical (unpaired) electrons. The molecule has 1 aromatic rings. The fourth-order valence-electron chi connectivity index (χ4n) is 1.58. The summed E-state index contributed by atoms with van der Waals surface area (Å²) in [7, 11) is 0. The van der Waals surface area contributed by atoms with Crippen molar-refractivity contribution in [3.05, 3.63) is 34.9 Å². The van der Waals surface area contributed by atoms with Gasteiger partial charge in [0.15, 0.2) is 6.61 Å². The molecule has 0 bridgehead atoms. The zero-order valence-electron chi connectivity index (χ0n) is 13.9. The zero-order valence-corrected chi connectivity index (χ0v) is 14.7. The Morgan fingerprint density at radius 2 is 1.80 bits per heavy atom. The van der Waals surface area contributed by atoms with Gasteiger partial charge in [0.1, 0.15) is 6.54 Å². The molecule has 0 saturated heterocycles. The number of esters is 1. The van der Waals surface area contributed by atoms with Gasteiger partial charge in [-0.25, -0.2) is 4.79 Å². The lowest BCUT2D eigenvalue weighted by atomic mass is 10.2. The summed E-state index contributed by atoms with van der Waals surface area (Å²) >= 11 is 5.71. The lowest BCUT2D eigenvalue weighted by Crippen LogP contribution is -2.45. The van der Waals surface area contributed by atoms with Crippen LogP contribution in [-0.2, 0) is 14.3 Å². The number of hydrogen-bond donors (Lipinski definition) is 3. The molecule has 136 valence electrons. The quantitative estimate of drug-likeness (QED) is 0.626. The number of imide groups is 1. The molecule has 0 aliphatic heterocycles. The summed E-state index contributed by atoms with van der Waals surface area (Å²) in [5.74, 6) is -2.05. The molecule has 1 aromatic carbocycles. The van der Waals surface area contributed by atoms with E-state index < -0.39 is 37.0 Å². The van der Waals surface area contributed by atoms with Crippen LogP contribution >= 0.6 is 11.6 Å². The Bertz CT molecular complexity index is 633. The summed E-state index contributed by atoms with van der Waals surface area (Å²) in [6.07, 6.45) is 0.712. The van der Waals surface area contributed by atoms with Crippen molar-refractivity contribution in [3.8, 4) is 0 Å². The maximum atomic E-state index is 11.8. The van der Waals surface area contributed by atoms with E-state index in [4.69, 9.17) is 11.6 Å². The predicted octanol–water partition coefficient (Wildman–Crippen LogP) is 1.24. The monoisotopic (exact) mass is 369 g/mol. The highest BCUT2D eigenvalue weighted by Gasteiger charge is 2.13. The molecule has 8 nitrogen and oxygen atoms in total. The number of rotatable bonds is 7. The van der Waals surface area contributed by atoms with Crippen molar-refractivity contribution in [2.75, 3.05) is 13.2 Å². The molecular formula is C16H20ClN3O5. The lowest BCUT2D eigenvalue weighted by Gasteiger charge is -2.11. The Morgan fingerprint density at radius 3 is 2.40 bits per heavy atom. The van der Waals surface area contributed by atoms with Crippen LogP contribution in [0.15, 0.2) is 24.3 Å². The minimum Gasteiger partial charge on any atom is -0.454 e. The fraction of sp³-hybridized carbons (Fsp3) is 0.375. The number of halogens is 1. The van der Waals surface area contributed by atoms with Gasteiger partial charge in [-0.15, -0.1) is 0 Å². The summed E-state index contributed by atoms with van der Waals surface area (Å²) in [4.78, 5) is 46.2. The first-order valence-electron chi connectivity index (χ1n) is 7.61. The average molecular weight is 370 g/mol. The Balaban J connectivity index is 2.28. The molecule has 0 aromatic heterocycles. The van der Waals surface area contributed by atoms with Crippen LogP contribution in [0.2, 0.25) is 5.02 Å². The van der Waals surface area contributed by atoms with Crippen molar-refractivity contribution >= 4 is 35.4 Å². The average Bonchev–Trinajstić information content (AvgIpc) is 2.58. The molecule has 0 fully saturated rings. The molecule has 9 heteroatoms. The molecule has 0 aliphatic rings. The third-order valence-electron chi connectivity index (χ3n) is 3.11. The van der Waals surface area contributed by atoms with Gasteiger partial charge in [-0.2, -0.15) is 0 Å². The first-order chi connectivity index (χ1) is 11.8. The smallest absolute Gasteiger partial charge is 0.325 e. The highest BCUT2D eigenvalue weighted by Crippen LogP contribution is 2.09. The molecule has 3 N–H and O–H groups in total. The molecular weight excluding hydrogens is 350 g/mol. The van der Waals surface area contributed by atoms with Gasteiger partial charge in [-0.05, 0) is 37.6 Å². The SMILES string of the molecule is CC[C@H](C)NC(=O)NC(=O)COC(=O)CNC(=O)c1ccc(Cl)cc1. The topological polar surface area (TPSA) is 114 Å². The summed E-state index contributed by atoms with van der Waals surface area (Å²) in [5.41, 5.74) is 0.330. The second kappa shape index (κ2) is 10.3. The van der Waals surface area contributed by atoms with E-state index in [0.29, 0.717) is 17.0 Å². The van der Waals surface area contributed by atoms with Crippen LogP contribution in [0.4, 0.5) is 4.79 Å². The number of ether oxygens (including phenoxy) is 1. The Labute approximate surface area is 150 Å². The van der Waals surface area contributed by atoms with E-state index in [0.717, 1.165) is 0 Å². The van der Waals surface area contributed by atoms with Gasteiger partial charge in [0.25, 0.3) is 11.8 Å². The van der Waals surface area contributed by atoms with E-state index in [2.05, 4.69) is 15.4 Å². The van der Waals surface area contributed by atoms with Crippen LogP contribution in [0.3, 0.4) is 0 Å². The summed E-state index contributed by atoms with van der Waals surface area (Å²) in [5, 5.41) is 7.40. The third kappa shape index (κ3) is 8.16. The Kier molecular flexibility index (Phi) is 8.42. The minimum absolute atomic E-state index is 0.0848. The maximum absolute atomic E-state index is 11.8. The van der Waals surface area contributed by atoms with Crippen molar-refractivity contribution < 1.29 is 23.9 Å². The van der Waals surface area contributed by atoms with Gasteiger partial charge in [0.05, 0.1) is 0 Å². The van der Waals surface area contributed by atoms with Crippen molar-refractivity contribution in [1.29, 1.82) is 0 Å². The molecule has 0 aliphatic carbocycles. The normalized spacial score (nSPS) is 11.2. The molecule has 4 amide bonds. The largest absolute Gasteiger partial charge is 0.454 e.